The third-order valence-corrected chi connectivity index (χ3v) is 3.12. The Morgan fingerprint density at radius 3 is 1.12 bits per heavy atom. The minimum absolute atomic E-state index is 0.104. The average molecular weight is 213 g/mol. The molecule has 8 heteroatoms. The van der Waals surface area contributed by atoms with Gasteiger partial charge in [0.1, 0.15) is 31.4 Å². The maximum atomic E-state index is 11.1. The molecule has 4 nitrogen and oxygen atoms in total. The Labute approximate surface area is 96.7 Å². The Balaban J connectivity index is 3.83. The topological polar surface area (TPSA) is 74.6 Å². The highest BCUT2D eigenvalue weighted by molar-refractivity contribution is 6.64. The van der Waals surface area contributed by atoms with Crippen LogP contribution in [0.1, 0.15) is 20.7 Å². The van der Waals surface area contributed by atoms with Crippen LogP contribution in [0.15, 0.2) is 0 Å². The van der Waals surface area contributed by atoms with Crippen LogP contribution in [0.3, 0.4) is 0 Å². The fourth-order valence-electron chi connectivity index (χ4n) is 1.85. The normalized spacial score (nSPS) is 10.0. The van der Waals surface area contributed by atoms with Crippen LogP contribution < -0.4 is 21.9 Å². The van der Waals surface area contributed by atoms with E-state index in [0.29, 0.717) is 10.9 Å². The van der Waals surface area contributed by atoms with Gasteiger partial charge in [-0.2, -0.15) is 0 Å². The molecule has 1 aromatic carbocycles. The van der Waals surface area contributed by atoms with Crippen LogP contribution in [-0.2, 0) is 0 Å². The van der Waals surface area contributed by atoms with Gasteiger partial charge >= 0.3 is 11.9 Å². The molecule has 0 bridgehead atoms. The fraction of sp³-hybridized carbons (Fsp3) is 0. The molecule has 0 heterocycles. The summed E-state index contributed by atoms with van der Waals surface area (Å²) in [5, 5.41) is 18.1. The molecule has 0 aromatic heterocycles. The van der Waals surface area contributed by atoms with Crippen molar-refractivity contribution in [2.75, 3.05) is 0 Å². The summed E-state index contributed by atoms with van der Waals surface area (Å²) in [6, 6.07) is 0. The average Bonchev–Trinajstić information content (AvgIpc) is 2.18. The molecular formula is C8H10B4O4. The number of carboxylic acids is 2. The molecule has 0 saturated heterocycles. The van der Waals surface area contributed by atoms with Crippen molar-refractivity contribution in [2.45, 2.75) is 0 Å². The molecule has 0 aliphatic heterocycles. The van der Waals surface area contributed by atoms with Crippen molar-refractivity contribution in [2.24, 2.45) is 0 Å². The second-order valence-electron chi connectivity index (χ2n) is 3.86. The van der Waals surface area contributed by atoms with Crippen LogP contribution >= 0.6 is 0 Å². The van der Waals surface area contributed by atoms with Crippen LogP contribution in [0.5, 0.6) is 0 Å². The minimum atomic E-state index is -1.19. The lowest BCUT2D eigenvalue weighted by molar-refractivity contribution is 0.0654. The SMILES string of the molecule is Bc1c(B)c(B)c(C(=O)O)c(C(=O)O)c1B. The summed E-state index contributed by atoms with van der Waals surface area (Å²) in [6.45, 7) is 0. The molecule has 0 amide bonds. The number of hydrogen-bond donors (Lipinski definition) is 2. The van der Waals surface area contributed by atoms with E-state index in [1.807, 2.05) is 0 Å². The maximum Gasteiger partial charge on any atom is 0.335 e. The van der Waals surface area contributed by atoms with E-state index in [0.717, 1.165) is 10.9 Å². The fourth-order valence-corrected chi connectivity index (χ4v) is 1.85. The summed E-state index contributed by atoms with van der Waals surface area (Å²) in [5.41, 5.74) is 2.50. The summed E-state index contributed by atoms with van der Waals surface area (Å²) in [4.78, 5) is 22.2. The van der Waals surface area contributed by atoms with E-state index in [2.05, 4.69) is 0 Å². The van der Waals surface area contributed by atoms with Crippen molar-refractivity contribution in [1.82, 2.24) is 0 Å². The first kappa shape index (κ1) is 12.5. The van der Waals surface area contributed by atoms with Gasteiger partial charge in [-0.05, 0) is 0 Å². The Morgan fingerprint density at radius 1 is 0.688 bits per heavy atom. The van der Waals surface area contributed by atoms with E-state index >= 15 is 0 Å². The maximum absolute atomic E-state index is 11.1. The van der Waals surface area contributed by atoms with Crippen molar-refractivity contribution in [3.8, 4) is 0 Å². The Morgan fingerprint density at radius 2 is 0.938 bits per heavy atom. The zero-order chi connectivity index (χ0) is 12.6. The quantitative estimate of drug-likeness (QED) is 0.480. The summed E-state index contributed by atoms with van der Waals surface area (Å²) in [7, 11) is 6.88. The van der Waals surface area contributed by atoms with Crippen molar-refractivity contribution < 1.29 is 19.8 Å². The Hall–Kier alpha value is -1.58. The summed E-state index contributed by atoms with van der Waals surface area (Å²) < 4.78 is 0. The van der Waals surface area contributed by atoms with Gasteiger partial charge in [0.2, 0.25) is 0 Å². The van der Waals surface area contributed by atoms with Crippen LogP contribution in [0, 0.1) is 0 Å². The van der Waals surface area contributed by atoms with Crippen molar-refractivity contribution in [3.63, 3.8) is 0 Å². The predicted molar refractivity (Wildman–Crippen MR) is 73.1 cm³/mol. The molecule has 2 N–H and O–H groups in total. The van der Waals surface area contributed by atoms with Crippen LogP contribution in [0.25, 0.3) is 0 Å². The van der Waals surface area contributed by atoms with Crippen molar-refractivity contribution in [3.05, 3.63) is 11.1 Å². The molecule has 0 aliphatic carbocycles. The molecule has 0 fully saturated rings. The first-order valence-corrected chi connectivity index (χ1v) is 4.86. The van der Waals surface area contributed by atoms with E-state index in [4.69, 9.17) is 10.2 Å². The molecule has 0 aliphatic rings. The lowest BCUT2D eigenvalue weighted by atomic mass is 9.63. The van der Waals surface area contributed by atoms with Gasteiger partial charge in [0.25, 0.3) is 0 Å². The number of rotatable bonds is 2. The number of carbonyl (C=O) groups is 2. The monoisotopic (exact) mass is 214 g/mol. The van der Waals surface area contributed by atoms with E-state index in [1.54, 1.807) is 31.4 Å². The van der Waals surface area contributed by atoms with Gasteiger partial charge in [-0.1, -0.05) is 10.9 Å². The van der Waals surface area contributed by atoms with Gasteiger partial charge in [0, 0.05) is 0 Å². The molecule has 1 aromatic rings. The molecule has 0 unspecified atom stereocenters. The molecular weight excluding hydrogens is 203 g/mol. The molecule has 1 rings (SSSR count). The zero-order valence-corrected chi connectivity index (χ0v) is 9.71. The largest absolute Gasteiger partial charge is 0.478 e. The minimum Gasteiger partial charge on any atom is -0.478 e. The molecule has 0 atom stereocenters. The Kier molecular flexibility index (Phi) is 3.21. The van der Waals surface area contributed by atoms with Gasteiger partial charge in [0.05, 0.1) is 11.1 Å². The number of carboxylic acid groups (broad SMARTS) is 2. The first-order chi connectivity index (χ1) is 7.29. The molecule has 16 heavy (non-hydrogen) atoms. The van der Waals surface area contributed by atoms with Crippen LogP contribution in [-0.4, -0.2) is 53.5 Å². The van der Waals surface area contributed by atoms with Gasteiger partial charge in [0.15, 0.2) is 0 Å². The second kappa shape index (κ2) is 4.12. The summed E-state index contributed by atoms with van der Waals surface area (Å²) in [5.74, 6) is -2.39. The van der Waals surface area contributed by atoms with E-state index in [9.17, 15) is 9.59 Å². The van der Waals surface area contributed by atoms with Gasteiger partial charge in [-0.3, -0.25) is 0 Å². The Bertz CT molecular complexity index is 453. The summed E-state index contributed by atoms with van der Waals surface area (Å²) in [6.07, 6.45) is 0. The van der Waals surface area contributed by atoms with Crippen LogP contribution in [0.2, 0.25) is 0 Å². The zero-order valence-electron chi connectivity index (χ0n) is 9.71. The third-order valence-electron chi connectivity index (χ3n) is 3.12. The molecule has 78 valence electrons. The first-order valence-electron chi connectivity index (χ1n) is 4.86. The standard InChI is InChI=1S/C8H10B4O4/c9-3-1(7(13)14)2(8(15)16)4(10)6(12)5(3)11/h9-12H2,(H,13,14)(H,15,16). The highest BCUT2D eigenvalue weighted by Crippen LogP contribution is 2.01. The van der Waals surface area contributed by atoms with Crippen molar-refractivity contribution in [1.29, 1.82) is 0 Å². The van der Waals surface area contributed by atoms with Crippen LogP contribution in [0.4, 0.5) is 0 Å². The highest BCUT2D eigenvalue weighted by atomic mass is 16.4. The number of benzene rings is 1. The van der Waals surface area contributed by atoms with Crippen molar-refractivity contribution >= 4 is 65.2 Å². The lowest BCUT2D eigenvalue weighted by Crippen LogP contribution is -2.52. The smallest absolute Gasteiger partial charge is 0.335 e. The number of hydrogen-bond acceptors (Lipinski definition) is 2. The predicted octanol–water partition coefficient (Wildman–Crippen LogP) is -5.88. The van der Waals surface area contributed by atoms with Gasteiger partial charge < -0.3 is 10.2 Å². The lowest BCUT2D eigenvalue weighted by Gasteiger charge is -2.16. The van der Waals surface area contributed by atoms with Gasteiger partial charge in [-0.25, -0.2) is 9.59 Å². The number of aromatic carboxylic acids is 2. The molecule has 0 spiro atoms. The van der Waals surface area contributed by atoms with E-state index in [-0.39, 0.29) is 11.1 Å². The third kappa shape index (κ3) is 1.75. The summed E-state index contributed by atoms with van der Waals surface area (Å²) >= 11 is 0. The molecule has 0 radical (unpaired) electrons. The molecule has 0 saturated carbocycles. The van der Waals surface area contributed by atoms with E-state index in [1.165, 1.54) is 0 Å². The second-order valence-corrected chi connectivity index (χ2v) is 3.86. The van der Waals surface area contributed by atoms with Gasteiger partial charge in [-0.15, -0.1) is 10.9 Å². The van der Waals surface area contributed by atoms with E-state index < -0.39 is 11.9 Å². The highest BCUT2D eigenvalue weighted by Gasteiger charge is 2.23.